The van der Waals surface area contributed by atoms with E-state index in [1.807, 2.05) is 37.3 Å². The molecule has 1 N–H and O–H groups in total. The molecular formula is C17H26N4O3. The van der Waals surface area contributed by atoms with Crippen LogP contribution in [0.1, 0.15) is 6.92 Å². The molecule has 0 atom stereocenters. The van der Waals surface area contributed by atoms with Gasteiger partial charge in [0.15, 0.2) is 5.96 Å². The third-order valence-corrected chi connectivity index (χ3v) is 3.71. The van der Waals surface area contributed by atoms with Gasteiger partial charge < -0.3 is 24.6 Å². The molecule has 7 nitrogen and oxygen atoms in total. The molecule has 0 spiro atoms. The van der Waals surface area contributed by atoms with Gasteiger partial charge in [0.25, 0.3) is 0 Å². The average molecular weight is 334 g/mol. The number of hydrogen-bond acceptors (Lipinski definition) is 4. The Morgan fingerprint density at radius 1 is 1.17 bits per heavy atom. The molecule has 1 amide bonds. The van der Waals surface area contributed by atoms with Crippen LogP contribution in [0, 0.1) is 0 Å². The molecular weight excluding hydrogens is 308 g/mol. The highest BCUT2D eigenvalue weighted by Gasteiger charge is 2.23. The third-order valence-electron chi connectivity index (χ3n) is 3.71. The topological polar surface area (TPSA) is 66.4 Å². The van der Waals surface area contributed by atoms with Crippen LogP contribution in [0.3, 0.4) is 0 Å². The van der Waals surface area contributed by atoms with Crippen LogP contribution in [0.2, 0.25) is 0 Å². The summed E-state index contributed by atoms with van der Waals surface area (Å²) in [7, 11) is 1.76. The number of nitrogens with one attached hydrogen (secondary N) is 1. The number of aliphatic imine (C=N–C) groups is 1. The number of amides is 1. The van der Waals surface area contributed by atoms with Crippen molar-refractivity contribution in [1.29, 1.82) is 0 Å². The lowest BCUT2D eigenvalue weighted by Crippen LogP contribution is -2.54. The number of carbonyl (C=O) groups excluding carboxylic acids is 1. The van der Waals surface area contributed by atoms with Gasteiger partial charge in [0, 0.05) is 33.2 Å². The Kier molecular flexibility index (Phi) is 7.20. The van der Waals surface area contributed by atoms with Crippen LogP contribution in [0.5, 0.6) is 5.75 Å². The van der Waals surface area contributed by atoms with Gasteiger partial charge in [-0.25, -0.2) is 4.79 Å². The van der Waals surface area contributed by atoms with E-state index < -0.39 is 0 Å². The van der Waals surface area contributed by atoms with Gasteiger partial charge in [0.2, 0.25) is 0 Å². The summed E-state index contributed by atoms with van der Waals surface area (Å²) in [6.45, 7) is 6.20. The van der Waals surface area contributed by atoms with Gasteiger partial charge in [-0.1, -0.05) is 18.2 Å². The normalized spacial score (nSPS) is 15.2. The molecule has 1 aliphatic heterocycles. The first-order chi connectivity index (χ1) is 11.7. The minimum Gasteiger partial charge on any atom is -0.492 e. The van der Waals surface area contributed by atoms with Crippen molar-refractivity contribution < 1.29 is 14.3 Å². The van der Waals surface area contributed by atoms with E-state index in [0.717, 1.165) is 24.8 Å². The molecule has 0 aromatic heterocycles. The summed E-state index contributed by atoms with van der Waals surface area (Å²) in [5.41, 5.74) is 0. The third kappa shape index (κ3) is 5.33. The summed E-state index contributed by atoms with van der Waals surface area (Å²) in [4.78, 5) is 19.9. The van der Waals surface area contributed by atoms with Crippen LogP contribution in [-0.2, 0) is 4.74 Å². The number of hydrogen-bond donors (Lipinski definition) is 1. The van der Waals surface area contributed by atoms with E-state index in [0.29, 0.717) is 32.8 Å². The minimum atomic E-state index is -0.239. The summed E-state index contributed by atoms with van der Waals surface area (Å²) in [5.74, 6) is 1.69. The van der Waals surface area contributed by atoms with Crippen LogP contribution in [0.4, 0.5) is 4.79 Å². The Morgan fingerprint density at radius 3 is 2.46 bits per heavy atom. The van der Waals surface area contributed by atoms with E-state index in [1.54, 1.807) is 11.9 Å². The molecule has 1 saturated heterocycles. The molecule has 7 heteroatoms. The molecule has 1 aromatic carbocycles. The molecule has 24 heavy (non-hydrogen) atoms. The van der Waals surface area contributed by atoms with E-state index in [1.165, 1.54) is 0 Å². The Morgan fingerprint density at radius 2 is 1.83 bits per heavy atom. The van der Waals surface area contributed by atoms with Crippen molar-refractivity contribution in [2.75, 3.05) is 53.0 Å². The number of para-hydroxylation sites is 1. The largest absolute Gasteiger partial charge is 0.492 e. The van der Waals surface area contributed by atoms with E-state index >= 15 is 0 Å². The fourth-order valence-corrected chi connectivity index (χ4v) is 2.50. The molecule has 132 valence electrons. The van der Waals surface area contributed by atoms with Crippen LogP contribution in [-0.4, -0.2) is 74.8 Å². The highest BCUT2D eigenvalue weighted by molar-refractivity contribution is 5.80. The predicted molar refractivity (Wildman–Crippen MR) is 93.5 cm³/mol. The fourth-order valence-electron chi connectivity index (χ4n) is 2.50. The minimum absolute atomic E-state index is 0.239. The van der Waals surface area contributed by atoms with Gasteiger partial charge in [0.05, 0.1) is 13.2 Å². The van der Waals surface area contributed by atoms with E-state index in [9.17, 15) is 4.79 Å². The SMILES string of the molecule is CCOC(=O)N1CCN(C(=NC)NCCOc2ccccc2)CC1. The molecule has 1 aliphatic rings. The molecule has 0 radical (unpaired) electrons. The number of piperazine rings is 1. The number of rotatable bonds is 5. The highest BCUT2D eigenvalue weighted by atomic mass is 16.6. The average Bonchev–Trinajstić information content (AvgIpc) is 2.63. The molecule has 1 fully saturated rings. The summed E-state index contributed by atoms with van der Waals surface area (Å²) in [6, 6.07) is 9.73. The summed E-state index contributed by atoms with van der Waals surface area (Å²) < 4.78 is 10.7. The van der Waals surface area contributed by atoms with Crippen molar-refractivity contribution >= 4 is 12.1 Å². The Balaban J connectivity index is 1.70. The first-order valence-electron chi connectivity index (χ1n) is 8.29. The fraction of sp³-hybridized carbons (Fsp3) is 0.529. The van der Waals surface area contributed by atoms with Gasteiger partial charge >= 0.3 is 6.09 Å². The second-order valence-corrected chi connectivity index (χ2v) is 5.31. The maximum atomic E-state index is 11.7. The maximum absolute atomic E-state index is 11.7. The van der Waals surface area contributed by atoms with E-state index in [2.05, 4.69) is 15.2 Å². The van der Waals surface area contributed by atoms with Crippen molar-refractivity contribution in [1.82, 2.24) is 15.1 Å². The Hall–Kier alpha value is -2.44. The molecule has 0 saturated carbocycles. The summed E-state index contributed by atoms with van der Waals surface area (Å²) in [6.07, 6.45) is -0.239. The molecule has 0 bridgehead atoms. The second kappa shape index (κ2) is 9.64. The number of carbonyl (C=O) groups is 1. The first-order valence-corrected chi connectivity index (χ1v) is 8.29. The lowest BCUT2D eigenvalue weighted by Gasteiger charge is -2.35. The quantitative estimate of drug-likeness (QED) is 0.501. The van der Waals surface area contributed by atoms with Crippen LogP contribution in [0.15, 0.2) is 35.3 Å². The number of nitrogens with zero attached hydrogens (tertiary/aromatic N) is 3. The molecule has 0 unspecified atom stereocenters. The highest BCUT2D eigenvalue weighted by Crippen LogP contribution is 2.07. The van der Waals surface area contributed by atoms with Gasteiger partial charge in [0.1, 0.15) is 12.4 Å². The molecule has 1 heterocycles. The monoisotopic (exact) mass is 334 g/mol. The predicted octanol–water partition coefficient (Wildman–Crippen LogP) is 1.41. The standard InChI is InChI=1S/C17H26N4O3/c1-3-23-17(22)21-12-10-20(11-13-21)16(18-2)19-9-14-24-15-7-5-4-6-8-15/h4-8H,3,9-14H2,1-2H3,(H,18,19). The summed E-state index contributed by atoms with van der Waals surface area (Å²) in [5, 5.41) is 3.29. The van der Waals surface area contributed by atoms with E-state index in [4.69, 9.17) is 9.47 Å². The van der Waals surface area contributed by atoms with Crippen molar-refractivity contribution in [2.45, 2.75) is 6.92 Å². The van der Waals surface area contributed by atoms with Crippen LogP contribution in [0.25, 0.3) is 0 Å². The molecule has 2 rings (SSSR count). The number of guanidine groups is 1. The van der Waals surface area contributed by atoms with Crippen molar-refractivity contribution in [3.63, 3.8) is 0 Å². The van der Waals surface area contributed by atoms with Crippen LogP contribution >= 0.6 is 0 Å². The molecule has 1 aromatic rings. The first kappa shape index (κ1) is 17.9. The lowest BCUT2D eigenvalue weighted by molar-refractivity contribution is 0.0914. The van der Waals surface area contributed by atoms with Crippen molar-refractivity contribution in [3.05, 3.63) is 30.3 Å². The van der Waals surface area contributed by atoms with Gasteiger partial charge in [-0.15, -0.1) is 0 Å². The second-order valence-electron chi connectivity index (χ2n) is 5.31. The Labute approximate surface area is 143 Å². The molecule has 0 aliphatic carbocycles. The zero-order chi connectivity index (χ0) is 17.2. The maximum Gasteiger partial charge on any atom is 0.409 e. The smallest absolute Gasteiger partial charge is 0.409 e. The van der Waals surface area contributed by atoms with Crippen molar-refractivity contribution in [3.8, 4) is 5.75 Å². The zero-order valence-electron chi connectivity index (χ0n) is 14.4. The number of ether oxygens (including phenoxy) is 2. The van der Waals surface area contributed by atoms with Gasteiger partial charge in [-0.05, 0) is 19.1 Å². The lowest BCUT2D eigenvalue weighted by atomic mass is 10.3. The van der Waals surface area contributed by atoms with Gasteiger partial charge in [-0.2, -0.15) is 0 Å². The number of benzene rings is 1. The van der Waals surface area contributed by atoms with Gasteiger partial charge in [-0.3, -0.25) is 4.99 Å². The van der Waals surface area contributed by atoms with Crippen LogP contribution < -0.4 is 10.1 Å². The summed E-state index contributed by atoms with van der Waals surface area (Å²) >= 11 is 0. The zero-order valence-corrected chi connectivity index (χ0v) is 14.4. The van der Waals surface area contributed by atoms with E-state index in [-0.39, 0.29) is 6.09 Å². The Bertz CT molecular complexity index is 528. The van der Waals surface area contributed by atoms with Crippen molar-refractivity contribution in [2.24, 2.45) is 4.99 Å².